The summed E-state index contributed by atoms with van der Waals surface area (Å²) in [6.45, 7) is 7.59. The van der Waals surface area contributed by atoms with Gasteiger partial charge in [-0.1, -0.05) is 12.2 Å². The third kappa shape index (κ3) is 2.63. The van der Waals surface area contributed by atoms with Gasteiger partial charge in [0.2, 0.25) is 0 Å². The van der Waals surface area contributed by atoms with Crippen LogP contribution in [-0.2, 0) is 5.54 Å². The van der Waals surface area contributed by atoms with E-state index < -0.39 is 5.54 Å². The highest BCUT2D eigenvalue weighted by Crippen LogP contribution is 2.42. The molecule has 0 radical (unpaired) electrons. The second-order valence-corrected chi connectivity index (χ2v) is 5.91. The highest BCUT2D eigenvalue weighted by molar-refractivity contribution is 5.47. The first-order chi connectivity index (χ1) is 10.3. The van der Waals surface area contributed by atoms with Crippen LogP contribution in [0.1, 0.15) is 44.1 Å². The molecule has 1 aromatic rings. The summed E-state index contributed by atoms with van der Waals surface area (Å²) < 4.78 is 11.6. The van der Waals surface area contributed by atoms with E-state index in [0.717, 1.165) is 42.7 Å². The summed E-state index contributed by atoms with van der Waals surface area (Å²) in [7, 11) is 1.66. The number of benzene rings is 1. The van der Waals surface area contributed by atoms with E-state index in [0.29, 0.717) is 6.10 Å². The van der Waals surface area contributed by atoms with Gasteiger partial charge >= 0.3 is 0 Å². The van der Waals surface area contributed by atoms with Crippen LogP contribution in [0.5, 0.6) is 11.5 Å². The Balaban J connectivity index is 1.90. The van der Waals surface area contributed by atoms with Gasteiger partial charge in [0, 0.05) is 18.4 Å². The molecule has 2 aliphatic carbocycles. The lowest BCUT2D eigenvalue weighted by molar-refractivity contribution is 0.200. The van der Waals surface area contributed by atoms with Crippen LogP contribution in [0.25, 0.3) is 4.85 Å². The molecule has 21 heavy (non-hydrogen) atoms. The van der Waals surface area contributed by atoms with Crippen molar-refractivity contribution >= 4 is 0 Å². The number of hydrogen-bond acceptors (Lipinski definition) is 2. The van der Waals surface area contributed by atoms with Crippen molar-refractivity contribution in [3.63, 3.8) is 0 Å². The van der Waals surface area contributed by atoms with E-state index in [9.17, 15) is 0 Å². The van der Waals surface area contributed by atoms with Crippen molar-refractivity contribution in [1.29, 1.82) is 0 Å². The number of rotatable bonds is 4. The zero-order valence-corrected chi connectivity index (χ0v) is 12.5. The summed E-state index contributed by atoms with van der Waals surface area (Å²) in [5.74, 6) is 1.55. The summed E-state index contributed by atoms with van der Waals surface area (Å²) in [5, 5.41) is 0. The smallest absolute Gasteiger partial charge is 0.264 e. The number of hydrogen-bond donors (Lipinski definition) is 0. The van der Waals surface area contributed by atoms with E-state index in [-0.39, 0.29) is 0 Å². The fourth-order valence-electron chi connectivity index (χ4n) is 3.28. The molecule has 0 atom stereocenters. The Bertz CT molecular complexity index is 571. The van der Waals surface area contributed by atoms with Gasteiger partial charge in [0.25, 0.3) is 5.54 Å². The first-order valence-electron chi connectivity index (χ1n) is 7.66. The van der Waals surface area contributed by atoms with Crippen molar-refractivity contribution < 1.29 is 9.47 Å². The first-order valence-corrected chi connectivity index (χ1v) is 7.66. The molecule has 2 aliphatic rings. The van der Waals surface area contributed by atoms with Crippen LogP contribution in [0.3, 0.4) is 0 Å². The second-order valence-electron chi connectivity index (χ2n) is 5.91. The molecule has 3 rings (SSSR count). The Morgan fingerprint density at radius 1 is 1.14 bits per heavy atom. The predicted molar refractivity (Wildman–Crippen MR) is 82.5 cm³/mol. The van der Waals surface area contributed by atoms with Crippen LogP contribution in [0.4, 0.5) is 0 Å². The molecular formula is C18H21NO2. The van der Waals surface area contributed by atoms with Gasteiger partial charge in [0.05, 0.1) is 13.2 Å². The molecule has 0 heterocycles. The molecule has 0 bridgehead atoms. The van der Waals surface area contributed by atoms with Gasteiger partial charge in [-0.05, 0) is 43.9 Å². The van der Waals surface area contributed by atoms with Crippen LogP contribution >= 0.6 is 0 Å². The quantitative estimate of drug-likeness (QED) is 0.600. The molecule has 1 aromatic carbocycles. The van der Waals surface area contributed by atoms with Crippen molar-refractivity contribution in [2.75, 3.05) is 7.11 Å². The minimum atomic E-state index is -0.444. The summed E-state index contributed by atoms with van der Waals surface area (Å²) in [4.78, 5) is 3.91. The van der Waals surface area contributed by atoms with E-state index in [4.69, 9.17) is 16.0 Å². The average molecular weight is 283 g/mol. The van der Waals surface area contributed by atoms with Gasteiger partial charge in [-0.25, -0.2) is 6.57 Å². The Morgan fingerprint density at radius 2 is 1.86 bits per heavy atom. The molecule has 1 saturated carbocycles. The maximum atomic E-state index is 7.59. The molecule has 0 amide bonds. The molecule has 0 saturated heterocycles. The summed E-state index contributed by atoms with van der Waals surface area (Å²) in [6.07, 6.45) is 10.8. The number of nitrogens with zero attached hydrogens (tertiary/aromatic N) is 1. The highest BCUT2D eigenvalue weighted by atomic mass is 16.5. The van der Waals surface area contributed by atoms with Crippen LogP contribution < -0.4 is 9.47 Å². The molecule has 0 aliphatic heterocycles. The maximum Gasteiger partial charge on any atom is 0.264 e. The fourth-order valence-corrected chi connectivity index (χ4v) is 3.28. The fraction of sp³-hybridized carbons (Fsp3) is 0.500. The SMILES string of the molecule is [C-]#[N+]C1(c2ccc(OC)c(OC3CCCC3)c2)CC=CC1. The Labute approximate surface area is 126 Å². The largest absolute Gasteiger partial charge is 0.493 e. The third-order valence-corrected chi connectivity index (χ3v) is 4.59. The van der Waals surface area contributed by atoms with E-state index in [2.05, 4.69) is 17.0 Å². The maximum absolute atomic E-state index is 7.59. The third-order valence-electron chi connectivity index (χ3n) is 4.59. The van der Waals surface area contributed by atoms with Gasteiger partial charge in [-0.15, -0.1) is 0 Å². The van der Waals surface area contributed by atoms with Crippen molar-refractivity contribution in [2.45, 2.75) is 50.2 Å². The molecule has 110 valence electrons. The topological polar surface area (TPSA) is 22.8 Å². The van der Waals surface area contributed by atoms with E-state index in [1.165, 1.54) is 12.8 Å². The minimum Gasteiger partial charge on any atom is -0.493 e. The van der Waals surface area contributed by atoms with Crippen LogP contribution in [0, 0.1) is 6.57 Å². The van der Waals surface area contributed by atoms with Crippen molar-refractivity contribution in [3.8, 4) is 11.5 Å². The van der Waals surface area contributed by atoms with Crippen molar-refractivity contribution in [2.24, 2.45) is 0 Å². The lowest BCUT2D eigenvalue weighted by atomic mass is 9.88. The van der Waals surface area contributed by atoms with Gasteiger partial charge < -0.3 is 14.3 Å². The second kappa shape index (κ2) is 5.81. The van der Waals surface area contributed by atoms with Crippen LogP contribution in [-0.4, -0.2) is 13.2 Å². The molecule has 1 fully saturated rings. The monoisotopic (exact) mass is 283 g/mol. The van der Waals surface area contributed by atoms with E-state index >= 15 is 0 Å². The number of methoxy groups -OCH3 is 1. The summed E-state index contributed by atoms with van der Waals surface area (Å²) in [6, 6.07) is 5.96. The molecule has 0 aromatic heterocycles. The average Bonchev–Trinajstić information content (AvgIpc) is 3.19. The van der Waals surface area contributed by atoms with Crippen molar-refractivity contribution in [3.05, 3.63) is 47.3 Å². The summed E-state index contributed by atoms with van der Waals surface area (Å²) in [5.41, 5.74) is 0.594. The standard InChI is InChI=1S/C18H21NO2/c1-19-18(11-5-6-12-18)14-9-10-16(20-2)17(13-14)21-15-7-3-4-8-15/h5-6,9-10,13,15H,3-4,7-8,11-12H2,2H3. The number of ether oxygens (including phenoxy) is 2. The normalized spacial score (nSPS) is 20.4. The molecular weight excluding hydrogens is 262 g/mol. The Hall–Kier alpha value is -1.95. The van der Waals surface area contributed by atoms with Gasteiger partial charge in [0.15, 0.2) is 11.5 Å². The molecule has 0 N–H and O–H groups in total. The van der Waals surface area contributed by atoms with Crippen molar-refractivity contribution in [1.82, 2.24) is 0 Å². The van der Waals surface area contributed by atoms with Gasteiger partial charge in [-0.3, -0.25) is 0 Å². The molecule has 0 spiro atoms. The first kappa shape index (κ1) is 14.0. The summed E-state index contributed by atoms with van der Waals surface area (Å²) >= 11 is 0. The minimum absolute atomic E-state index is 0.291. The lowest BCUT2D eigenvalue weighted by Gasteiger charge is -2.20. The predicted octanol–water partition coefficient (Wildman–Crippen LogP) is 4.48. The van der Waals surface area contributed by atoms with Gasteiger partial charge in [0.1, 0.15) is 0 Å². The Kier molecular flexibility index (Phi) is 3.88. The van der Waals surface area contributed by atoms with Crippen LogP contribution in [0.15, 0.2) is 30.4 Å². The lowest BCUT2D eigenvalue weighted by Crippen LogP contribution is -2.18. The van der Waals surface area contributed by atoms with Gasteiger partial charge in [-0.2, -0.15) is 0 Å². The Morgan fingerprint density at radius 3 is 2.48 bits per heavy atom. The van der Waals surface area contributed by atoms with E-state index in [1.54, 1.807) is 7.11 Å². The van der Waals surface area contributed by atoms with Crippen LogP contribution in [0.2, 0.25) is 0 Å². The van der Waals surface area contributed by atoms with E-state index in [1.807, 2.05) is 18.2 Å². The molecule has 3 nitrogen and oxygen atoms in total. The zero-order valence-electron chi connectivity index (χ0n) is 12.5. The molecule has 0 unspecified atom stereocenters. The highest BCUT2D eigenvalue weighted by Gasteiger charge is 2.40. The molecule has 3 heteroatoms. The zero-order chi connectivity index (χ0) is 14.7.